The van der Waals surface area contributed by atoms with Crippen LogP contribution in [0.5, 0.6) is 0 Å². The molecule has 0 radical (unpaired) electrons. The zero-order chi connectivity index (χ0) is 16.9. The molecule has 2 heterocycles. The second kappa shape index (κ2) is 7.99. The van der Waals surface area contributed by atoms with Gasteiger partial charge in [-0.05, 0) is 37.0 Å². The van der Waals surface area contributed by atoms with Crippen LogP contribution in [0.4, 0.5) is 0 Å². The van der Waals surface area contributed by atoms with Gasteiger partial charge >= 0.3 is 0 Å². The second-order valence-electron chi connectivity index (χ2n) is 6.50. The number of nitrogens with one attached hydrogen (secondary N) is 1. The molecule has 0 spiro atoms. The first-order valence-corrected chi connectivity index (χ1v) is 8.91. The van der Waals surface area contributed by atoms with Crippen molar-refractivity contribution >= 4 is 23.4 Å². The molecule has 2 atom stereocenters. The van der Waals surface area contributed by atoms with Gasteiger partial charge in [-0.25, -0.2) is 0 Å². The molecule has 24 heavy (non-hydrogen) atoms. The monoisotopic (exact) mass is 350 g/mol. The molecule has 0 aromatic heterocycles. The molecule has 2 saturated heterocycles. The van der Waals surface area contributed by atoms with E-state index in [-0.39, 0.29) is 23.8 Å². The standard InChI is InChI=1S/C18H23ClN2O3/c19-15-4-1-3-13(9-15)6-7-21-12-14(10-17(21)22)18(23)20-11-16-5-2-8-24-16/h1,3-4,9,14,16H,2,5-8,10-12H2,(H,20,23). The minimum absolute atomic E-state index is 0.0379. The van der Waals surface area contributed by atoms with Crippen molar-refractivity contribution in [2.45, 2.75) is 31.8 Å². The number of rotatable bonds is 6. The van der Waals surface area contributed by atoms with E-state index >= 15 is 0 Å². The van der Waals surface area contributed by atoms with E-state index in [1.165, 1.54) is 0 Å². The Balaban J connectivity index is 1.45. The minimum Gasteiger partial charge on any atom is -0.376 e. The lowest BCUT2D eigenvalue weighted by molar-refractivity contribution is -0.129. The maximum atomic E-state index is 12.2. The number of carbonyl (C=O) groups is 2. The number of nitrogens with zero attached hydrogens (tertiary/aromatic N) is 1. The Morgan fingerprint density at radius 1 is 1.42 bits per heavy atom. The molecule has 1 N–H and O–H groups in total. The molecule has 2 aliphatic heterocycles. The average molecular weight is 351 g/mol. The topological polar surface area (TPSA) is 58.6 Å². The summed E-state index contributed by atoms with van der Waals surface area (Å²) in [5.74, 6) is -0.239. The number of ether oxygens (including phenoxy) is 1. The Hall–Kier alpha value is -1.59. The molecular formula is C18H23ClN2O3. The molecule has 2 aliphatic rings. The third-order valence-electron chi connectivity index (χ3n) is 4.67. The van der Waals surface area contributed by atoms with Gasteiger partial charge in [-0.3, -0.25) is 9.59 Å². The first-order chi connectivity index (χ1) is 11.6. The van der Waals surface area contributed by atoms with Crippen LogP contribution in [0.2, 0.25) is 5.02 Å². The van der Waals surface area contributed by atoms with E-state index < -0.39 is 0 Å². The number of hydrogen-bond acceptors (Lipinski definition) is 3. The quantitative estimate of drug-likeness (QED) is 0.854. The molecule has 0 bridgehead atoms. The molecule has 3 rings (SSSR count). The van der Waals surface area contributed by atoms with Gasteiger partial charge in [-0.2, -0.15) is 0 Å². The summed E-state index contributed by atoms with van der Waals surface area (Å²) < 4.78 is 5.50. The highest BCUT2D eigenvalue weighted by Gasteiger charge is 2.34. The molecule has 130 valence electrons. The van der Waals surface area contributed by atoms with E-state index in [1.54, 1.807) is 4.90 Å². The highest BCUT2D eigenvalue weighted by atomic mass is 35.5. The Bertz CT molecular complexity index is 602. The summed E-state index contributed by atoms with van der Waals surface area (Å²) in [7, 11) is 0. The predicted molar refractivity (Wildman–Crippen MR) is 91.8 cm³/mol. The molecule has 2 amide bonds. The summed E-state index contributed by atoms with van der Waals surface area (Å²) in [6.45, 7) is 2.44. The van der Waals surface area contributed by atoms with Gasteiger partial charge in [0.1, 0.15) is 0 Å². The maximum absolute atomic E-state index is 12.2. The van der Waals surface area contributed by atoms with Gasteiger partial charge in [0.2, 0.25) is 11.8 Å². The van der Waals surface area contributed by atoms with Crippen LogP contribution in [0.15, 0.2) is 24.3 Å². The number of benzene rings is 1. The Morgan fingerprint density at radius 3 is 3.04 bits per heavy atom. The molecule has 5 nitrogen and oxygen atoms in total. The highest BCUT2D eigenvalue weighted by molar-refractivity contribution is 6.30. The number of hydrogen-bond donors (Lipinski definition) is 1. The highest BCUT2D eigenvalue weighted by Crippen LogP contribution is 2.19. The maximum Gasteiger partial charge on any atom is 0.225 e. The summed E-state index contributed by atoms with van der Waals surface area (Å²) >= 11 is 5.98. The SMILES string of the molecule is O=C(NCC1CCCO1)C1CC(=O)N(CCc2cccc(Cl)c2)C1. The van der Waals surface area contributed by atoms with Crippen molar-refractivity contribution < 1.29 is 14.3 Å². The van der Waals surface area contributed by atoms with E-state index in [0.29, 0.717) is 31.1 Å². The lowest BCUT2D eigenvalue weighted by Crippen LogP contribution is -2.37. The van der Waals surface area contributed by atoms with E-state index in [0.717, 1.165) is 31.4 Å². The summed E-state index contributed by atoms with van der Waals surface area (Å²) in [6, 6.07) is 7.65. The number of amides is 2. The average Bonchev–Trinajstić information content (AvgIpc) is 3.20. The molecule has 2 fully saturated rings. The van der Waals surface area contributed by atoms with Crippen LogP contribution >= 0.6 is 11.6 Å². The van der Waals surface area contributed by atoms with Crippen molar-refractivity contribution in [3.05, 3.63) is 34.9 Å². The Kier molecular flexibility index (Phi) is 5.74. The van der Waals surface area contributed by atoms with Crippen LogP contribution < -0.4 is 5.32 Å². The number of halogens is 1. The van der Waals surface area contributed by atoms with Crippen LogP contribution in [-0.4, -0.2) is 49.1 Å². The van der Waals surface area contributed by atoms with E-state index in [1.807, 2.05) is 24.3 Å². The molecule has 0 saturated carbocycles. The fraction of sp³-hybridized carbons (Fsp3) is 0.556. The van der Waals surface area contributed by atoms with Crippen LogP contribution in [0.25, 0.3) is 0 Å². The third-order valence-corrected chi connectivity index (χ3v) is 4.91. The van der Waals surface area contributed by atoms with E-state index in [2.05, 4.69) is 5.32 Å². The van der Waals surface area contributed by atoms with E-state index in [4.69, 9.17) is 16.3 Å². The van der Waals surface area contributed by atoms with Gasteiger partial charge in [0.15, 0.2) is 0 Å². The molecule has 6 heteroatoms. The van der Waals surface area contributed by atoms with Gasteiger partial charge in [0.05, 0.1) is 12.0 Å². The van der Waals surface area contributed by atoms with Crippen LogP contribution in [0.1, 0.15) is 24.8 Å². The van der Waals surface area contributed by atoms with Gasteiger partial charge in [0.25, 0.3) is 0 Å². The number of likely N-dealkylation sites (tertiary alicyclic amines) is 1. The molecule has 1 aromatic rings. The second-order valence-corrected chi connectivity index (χ2v) is 6.94. The van der Waals surface area contributed by atoms with Crippen molar-refractivity contribution in [1.82, 2.24) is 10.2 Å². The van der Waals surface area contributed by atoms with Crippen molar-refractivity contribution in [3.8, 4) is 0 Å². The fourth-order valence-electron chi connectivity index (χ4n) is 3.28. The molecular weight excluding hydrogens is 328 g/mol. The van der Waals surface area contributed by atoms with Gasteiger partial charge in [-0.15, -0.1) is 0 Å². The summed E-state index contributed by atoms with van der Waals surface area (Å²) in [4.78, 5) is 26.2. The van der Waals surface area contributed by atoms with Crippen LogP contribution in [0, 0.1) is 5.92 Å². The lowest BCUT2D eigenvalue weighted by atomic mass is 10.1. The zero-order valence-electron chi connectivity index (χ0n) is 13.7. The first kappa shape index (κ1) is 17.2. The number of carbonyl (C=O) groups excluding carboxylic acids is 2. The molecule has 2 unspecified atom stereocenters. The van der Waals surface area contributed by atoms with Crippen LogP contribution in [0.3, 0.4) is 0 Å². The minimum atomic E-state index is -0.252. The molecule has 0 aliphatic carbocycles. The zero-order valence-corrected chi connectivity index (χ0v) is 14.4. The lowest BCUT2D eigenvalue weighted by Gasteiger charge is -2.17. The van der Waals surface area contributed by atoms with Crippen molar-refractivity contribution in [2.24, 2.45) is 5.92 Å². The van der Waals surface area contributed by atoms with Crippen molar-refractivity contribution in [1.29, 1.82) is 0 Å². The van der Waals surface area contributed by atoms with Crippen LogP contribution in [-0.2, 0) is 20.7 Å². The smallest absolute Gasteiger partial charge is 0.225 e. The van der Waals surface area contributed by atoms with E-state index in [9.17, 15) is 9.59 Å². The van der Waals surface area contributed by atoms with Gasteiger partial charge in [0, 0.05) is 37.7 Å². The Morgan fingerprint density at radius 2 is 2.29 bits per heavy atom. The molecule has 1 aromatic carbocycles. The normalized spacial score (nSPS) is 23.7. The Labute approximate surface area is 147 Å². The summed E-state index contributed by atoms with van der Waals surface area (Å²) in [5.41, 5.74) is 1.10. The predicted octanol–water partition coefficient (Wildman–Crippen LogP) is 2.03. The first-order valence-electron chi connectivity index (χ1n) is 8.53. The van der Waals surface area contributed by atoms with Gasteiger partial charge in [-0.1, -0.05) is 23.7 Å². The summed E-state index contributed by atoms with van der Waals surface area (Å²) in [5, 5.41) is 3.63. The fourth-order valence-corrected chi connectivity index (χ4v) is 3.50. The van der Waals surface area contributed by atoms with Crippen molar-refractivity contribution in [3.63, 3.8) is 0 Å². The largest absolute Gasteiger partial charge is 0.376 e. The third kappa shape index (κ3) is 4.48. The van der Waals surface area contributed by atoms with Gasteiger partial charge < -0.3 is 15.0 Å². The summed E-state index contributed by atoms with van der Waals surface area (Å²) in [6.07, 6.45) is 3.23. The van der Waals surface area contributed by atoms with Crippen molar-refractivity contribution in [2.75, 3.05) is 26.2 Å².